The molecule has 3 rings (SSSR count). The first kappa shape index (κ1) is 18.3. The van der Waals surface area contributed by atoms with Crippen LogP contribution in [0.1, 0.15) is 28.3 Å². The summed E-state index contributed by atoms with van der Waals surface area (Å²) in [7, 11) is 0. The number of halogens is 4. The van der Waals surface area contributed by atoms with Gasteiger partial charge in [-0.15, -0.1) is 0 Å². The normalized spacial score (nSPS) is 11.2. The molecule has 10 heteroatoms. The smallest absolute Gasteiger partial charge is 0.304 e. The van der Waals surface area contributed by atoms with Crippen molar-refractivity contribution in [3.05, 3.63) is 63.5 Å². The summed E-state index contributed by atoms with van der Waals surface area (Å²) in [6.07, 6.45) is 1.03. The lowest BCUT2D eigenvalue weighted by Gasteiger charge is -2.08. The molecule has 0 saturated heterocycles. The Kier molecular flexibility index (Phi) is 5.24. The van der Waals surface area contributed by atoms with Crippen LogP contribution in [0.4, 0.5) is 14.6 Å². The van der Waals surface area contributed by atoms with Gasteiger partial charge >= 0.3 is 6.55 Å². The van der Waals surface area contributed by atoms with E-state index in [4.69, 9.17) is 23.2 Å². The number of amides is 1. The van der Waals surface area contributed by atoms with Crippen molar-refractivity contribution < 1.29 is 13.6 Å². The largest absolute Gasteiger partial charge is 0.333 e. The second-order valence-corrected chi connectivity index (χ2v) is 6.26. The number of aryl methyl sites for hydroxylation is 1. The van der Waals surface area contributed by atoms with Crippen molar-refractivity contribution in [2.75, 3.05) is 5.32 Å². The Morgan fingerprint density at radius 1 is 1.23 bits per heavy atom. The molecule has 1 N–H and O–H groups in total. The van der Waals surface area contributed by atoms with Gasteiger partial charge in [0.15, 0.2) is 11.5 Å². The van der Waals surface area contributed by atoms with Crippen LogP contribution in [0.25, 0.3) is 0 Å². The van der Waals surface area contributed by atoms with Crippen LogP contribution in [0.2, 0.25) is 10.0 Å². The third-order valence-corrected chi connectivity index (χ3v) is 4.34. The van der Waals surface area contributed by atoms with Crippen LogP contribution in [0.3, 0.4) is 0 Å². The molecule has 0 aliphatic heterocycles. The predicted octanol–water partition coefficient (Wildman–Crippen LogP) is 4.39. The molecule has 136 valence electrons. The number of nitrogens with zero attached hydrogens (tertiary/aromatic N) is 4. The van der Waals surface area contributed by atoms with E-state index in [1.54, 1.807) is 35.9 Å². The van der Waals surface area contributed by atoms with E-state index in [-0.39, 0.29) is 11.5 Å². The Morgan fingerprint density at radius 3 is 2.54 bits per heavy atom. The fraction of sp³-hybridized carbons (Fsp3) is 0.188. The Bertz CT molecular complexity index is 934. The number of hydrogen-bond donors (Lipinski definition) is 1. The van der Waals surface area contributed by atoms with Crippen molar-refractivity contribution in [3.63, 3.8) is 0 Å². The first-order chi connectivity index (χ1) is 12.3. The topological polar surface area (TPSA) is 64.7 Å². The SMILES string of the molecule is Cc1cc(NC(=O)c2ccn(C(F)F)n2)nn1Cc1c(Cl)cccc1Cl. The molecule has 2 aromatic heterocycles. The number of alkyl halides is 2. The summed E-state index contributed by atoms with van der Waals surface area (Å²) in [4.78, 5) is 12.1. The van der Waals surface area contributed by atoms with E-state index < -0.39 is 12.5 Å². The average Bonchev–Trinajstić information content (AvgIpc) is 3.18. The van der Waals surface area contributed by atoms with E-state index in [9.17, 15) is 13.6 Å². The van der Waals surface area contributed by atoms with E-state index in [2.05, 4.69) is 15.5 Å². The van der Waals surface area contributed by atoms with Gasteiger partial charge in [-0.05, 0) is 25.1 Å². The first-order valence-corrected chi connectivity index (χ1v) is 8.22. The van der Waals surface area contributed by atoms with Crippen LogP contribution in [-0.2, 0) is 6.54 Å². The molecule has 0 bridgehead atoms. The van der Waals surface area contributed by atoms with Gasteiger partial charge in [0.05, 0.1) is 6.54 Å². The summed E-state index contributed by atoms with van der Waals surface area (Å²) in [6, 6.07) is 8.04. The van der Waals surface area contributed by atoms with Gasteiger partial charge in [0.2, 0.25) is 0 Å². The quantitative estimate of drug-likeness (QED) is 0.691. The molecule has 0 aliphatic rings. The van der Waals surface area contributed by atoms with Gasteiger partial charge in [-0.2, -0.15) is 19.0 Å². The van der Waals surface area contributed by atoms with Crippen molar-refractivity contribution in [3.8, 4) is 0 Å². The minimum Gasteiger partial charge on any atom is -0.304 e. The Balaban J connectivity index is 1.76. The van der Waals surface area contributed by atoms with Crippen LogP contribution >= 0.6 is 23.2 Å². The van der Waals surface area contributed by atoms with Gasteiger partial charge in [-0.3, -0.25) is 9.48 Å². The van der Waals surface area contributed by atoms with E-state index in [1.165, 1.54) is 6.07 Å². The number of nitrogens with one attached hydrogen (secondary N) is 1. The molecule has 0 saturated carbocycles. The van der Waals surface area contributed by atoms with E-state index in [0.29, 0.717) is 26.8 Å². The summed E-state index contributed by atoms with van der Waals surface area (Å²) in [5, 5.41) is 11.3. The van der Waals surface area contributed by atoms with Gasteiger partial charge in [0.25, 0.3) is 5.91 Å². The zero-order chi connectivity index (χ0) is 18.8. The summed E-state index contributed by atoms with van der Waals surface area (Å²) in [5.74, 6) is -0.368. The van der Waals surface area contributed by atoms with Crippen molar-refractivity contribution in [2.45, 2.75) is 20.0 Å². The minimum atomic E-state index is -2.81. The highest BCUT2D eigenvalue weighted by molar-refractivity contribution is 6.35. The summed E-state index contributed by atoms with van der Waals surface area (Å²) in [6.45, 7) is -0.683. The zero-order valence-electron chi connectivity index (χ0n) is 13.5. The number of hydrogen-bond acceptors (Lipinski definition) is 3. The molecule has 0 fully saturated rings. The second kappa shape index (κ2) is 7.43. The summed E-state index contributed by atoms with van der Waals surface area (Å²) >= 11 is 12.3. The highest BCUT2D eigenvalue weighted by atomic mass is 35.5. The molecule has 0 aliphatic carbocycles. The number of benzene rings is 1. The third kappa shape index (κ3) is 3.86. The van der Waals surface area contributed by atoms with Crippen molar-refractivity contribution in [1.82, 2.24) is 19.6 Å². The molecule has 1 amide bonds. The molecule has 0 spiro atoms. The van der Waals surface area contributed by atoms with E-state index in [1.807, 2.05) is 0 Å². The monoisotopic (exact) mass is 399 g/mol. The molecule has 0 radical (unpaired) electrons. The van der Waals surface area contributed by atoms with E-state index in [0.717, 1.165) is 11.9 Å². The first-order valence-electron chi connectivity index (χ1n) is 7.47. The van der Waals surface area contributed by atoms with Crippen molar-refractivity contribution >= 4 is 34.9 Å². The van der Waals surface area contributed by atoms with Gasteiger partial charge in [0.1, 0.15) is 0 Å². The van der Waals surface area contributed by atoms with Gasteiger partial charge < -0.3 is 5.32 Å². The highest BCUT2D eigenvalue weighted by Gasteiger charge is 2.16. The molecule has 3 aromatic rings. The predicted molar refractivity (Wildman–Crippen MR) is 94.0 cm³/mol. The van der Waals surface area contributed by atoms with Gasteiger partial charge in [-0.1, -0.05) is 29.3 Å². The van der Waals surface area contributed by atoms with E-state index >= 15 is 0 Å². The maximum absolute atomic E-state index is 12.5. The minimum absolute atomic E-state index is 0.133. The van der Waals surface area contributed by atoms with Crippen LogP contribution in [0.15, 0.2) is 36.5 Å². The van der Waals surface area contributed by atoms with Crippen molar-refractivity contribution in [1.29, 1.82) is 0 Å². The van der Waals surface area contributed by atoms with Crippen LogP contribution in [-0.4, -0.2) is 25.5 Å². The number of carbonyl (C=O) groups is 1. The van der Waals surface area contributed by atoms with Gasteiger partial charge in [0, 0.05) is 33.6 Å². The maximum Gasteiger partial charge on any atom is 0.333 e. The molecule has 6 nitrogen and oxygen atoms in total. The molecule has 1 aromatic carbocycles. The molecule has 0 atom stereocenters. The fourth-order valence-electron chi connectivity index (χ4n) is 2.31. The molecule has 0 unspecified atom stereocenters. The third-order valence-electron chi connectivity index (χ3n) is 3.63. The van der Waals surface area contributed by atoms with Gasteiger partial charge in [-0.25, -0.2) is 4.68 Å². The van der Waals surface area contributed by atoms with Crippen molar-refractivity contribution in [2.24, 2.45) is 0 Å². The molecule has 2 heterocycles. The fourth-order valence-corrected chi connectivity index (χ4v) is 2.83. The second-order valence-electron chi connectivity index (χ2n) is 5.44. The molecular formula is C16H13Cl2F2N5O. The van der Waals surface area contributed by atoms with Crippen LogP contribution in [0.5, 0.6) is 0 Å². The lowest BCUT2D eigenvalue weighted by atomic mass is 10.2. The zero-order valence-corrected chi connectivity index (χ0v) is 15.0. The maximum atomic E-state index is 12.5. The summed E-state index contributed by atoms with van der Waals surface area (Å²) in [5.41, 5.74) is 1.33. The Labute approximate surface area is 157 Å². The lowest BCUT2D eigenvalue weighted by molar-refractivity contribution is 0.0561. The number of carbonyl (C=O) groups excluding carboxylic acids is 1. The van der Waals surface area contributed by atoms with Crippen LogP contribution < -0.4 is 5.32 Å². The number of aromatic nitrogens is 4. The summed E-state index contributed by atoms with van der Waals surface area (Å²) < 4.78 is 27.1. The highest BCUT2D eigenvalue weighted by Crippen LogP contribution is 2.25. The standard InChI is InChI=1S/C16H13Cl2F2N5O/c1-9-7-14(21-15(26)13-5-6-24(22-13)16(19)20)23-25(9)8-10-11(17)3-2-4-12(10)18/h2-7,16H,8H2,1H3,(H,21,23,26). The Morgan fingerprint density at radius 2 is 1.92 bits per heavy atom. The molecule has 26 heavy (non-hydrogen) atoms. The molecular weight excluding hydrogens is 387 g/mol. The lowest BCUT2D eigenvalue weighted by Crippen LogP contribution is -2.14. The van der Waals surface area contributed by atoms with Crippen LogP contribution in [0, 0.1) is 6.92 Å². The Hall–Kier alpha value is -2.45. The number of rotatable bonds is 5. The number of anilines is 1. The average molecular weight is 400 g/mol.